The van der Waals surface area contributed by atoms with Crippen LogP contribution in [0.3, 0.4) is 0 Å². The Morgan fingerprint density at radius 2 is 2.04 bits per heavy atom. The third-order valence-electron chi connectivity index (χ3n) is 4.49. The van der Waals surface area contributed by atoms with Crippen molar-refractivity contribution >= 4 is 5.82 Å². The van der Waals surface area contributed by atoms with Gasteiger partial charge in [-0.25, -0.2) is 9.37 Å². The minimum absolute atomic E-state index is 0.158. The fourth-order valence-electron chi connectivity index (χ4n) is 3.24. The van der Waals surface area contributed by atoms with Crippen LogP contribution in [0.1, 0.15) is 30.3 Å². The zero-order valence-corrected chi connectivity index (χ0v) is 14.0. The van der Waals surface area contributed by atoms with E-state index in [-0.39, 0.29) is 11.7 Å². The Kier molecular flexibility index (Phi) is 4.17. The van der Waals surface area contributed by atoms with Crippen LogP contribution < -0.4 is 4.90 Å². The van der Waals surface area contributed by atoms with Gasteiger partial charge in [-0.1, -0.05) is 23.4 Å². The van der Waals surface area contributed by atoms with Crippen LogP contribution in [0.4, 0.5) is 10.2 Å². The van der Waals surface area contributed by atoms with Crippen LogP contribution in [-0.2, 0) is 0 Å². The summed E-state index contributed by atoms with van der Waals surface area (Å²) in [6, 6.07) is 12.3. The van der Waals surface area contributed by atoms with Crippen molar-refractivity contribution in [3.05, 3.63) is 59.9 Å². The highest BCUT2D eigenvalue weighted by atomic mass is 19.1. The number of hydrogen-bond donors (Lipinski definition) is 0. The lowest BCUT2D eigenvalue weighted by molar-refractivity contribution is 0.333. The molecule has 1 unspecified atom stereocenters. The van der Waals surface area contributed by atoms with Crippen LogP contribution in [0.2, 0.25) is 0 Å². The highest BCUT2D eigenvalue weighted by molar-refractivity contribution is 5.54. The molecule has 1 fully saturated rings. The molecule has 3 aromatic rings. The molecular formula is C19H19FN4O. The molecule has 0 amide bonds. The van der Waals surface area contributed by atoms with E-state index >= 15 is 0 Å². The van der Waals surface area contributed by atoms with Gasteiger partial charge in [0.1, 0.15) is 11.6 Å². The Bertz CT molecular complexity index is 879. The number of aromatic nitrogens is 3. The average molecular weight is 338 g/mol. The van der Waals surface area contributed by atoms with Crippen molar-refractivity contribution in [2.75, 3.05) is 18.0 Å². The Morgan fingerprint density at radius 3 is 2.88 bits per heavy atom. The molecule has 6 heteroatoms. The maximum atomic E-state index is 13.4. The van der Waals surface area contributed by atoms with Gasteiger partial charge < -0.3 is 9.42 Å². The Labute approximate surface area is 145 Å². The molecule has 1 atom stereocenters. The van der Waals surface area contributed by atoms with Gasteiger partial charge in [-0.3, -0.25) is 0 Å². The predicted octanol–water partition coefficient (Wildman–Crippen LogP) is 3.96. The van der Waals surface area contributed by atoms with E-state index in [1.54, 1.807) is 12.1 Å². The number of pyridine rings is 1. The third kappa shape index (κ3) is 3.38. The van der Waals surface area contributed by atoms with E-state index in [2.05, 4.69) is 20.0 Å². The van der Waals surface area contributed by atoms with Gasteiger partial charge in [-0.15, -0.1) is 0 Å². The van der Waals surface area contributed by atoms with Gasteiger partial charge in [0, 0.05) is 24.3 Å². The van der Waals surface area contributed by atoms with Crippen molar-refractivity contribution in [2.24, 2.45) is 0 Å². The maximum absolute atomic E-state index is 13.4. The van der Waals surface area contributed by atoms with Gasteiger partial charge in [0.25, 0.3) is 0 Å². The van der Waals surface area contributed by atoms with Crippen molar-refractivity contribution in [1.29, 1.82) is 0 Å². The van der Waals surface area contributed by atoms with Crippen molar-refractivity contribution in [3.63, 3.8) is 0 Å². The van der Waals surface area contributed by atoms with Crippen LogP contribution >= 0.6 is 0 Å². The number of nitrogens with zero attached hydrogens (tertiary/aromatic N) is 4. The first-order valence-electron chi connectivity index (χ1n) is 8.47. The zero-order valence-electron chi connectivity index (χ0n) is 14.0. The summed E-state index contributed by atoms with van der Waals surface area (Å²) in [5.74, 6) is 1.87. The molecule has 1 aliphatic heterocycles. The number of aryl methyl sites for hydroxylation is 1. The molecule has 4 rings (SSSR count). The molecule has 128 valence electrons. The highest BCUT2D eigenvalue weighted by Gasteiger charge is 2.27. The first-order valence-corrected chi connectivity index (χ1v) is 8.47. The molecule has 5 nitrogen and oxygen atoms in total. The van der Waals surface area contributed by atoms with Crippen molar-refractivity contribution in [2.45, 2.75) is 25.7 Å². The molecule has 1 saturated heterocycles. The van der Waals surface area contributed by atoms with E-state index < -0.39 is 0 Å². The van der Waals surface area contributed by atoms with E-state index in [0.29, 0.717) is 17.3 Å². The SMILES string of the molecule is Cc1cccc(N2CCCC(c3nc(-c4cccc(F)c4)no3)C2)n1. The summed E-state index contributed by atoms with van der Waals surface area (Å²) in [6.45, 7) is 3.76. The Hall–Kier alpha value is -2.76. The Balaban J connectivity index is 1.54. The minimum Gasteiger partial charge on any atom is -0.356 e. The van der Waals surface area contributed by atoms with E-state index in [1.807, 2.05) is 25.1 Å². The summed E-state index contributed by atoms with van der Waals surface area (Å²) in [4.78, 5) is 11.4. The molecule has 0 aliphatic carbocycles. The molecule has 0 saturated carbocycles. The van der Waals surface area contributed by atoms with Crippen LogP contribution in [-0.4, -0.2) is 28.2 Å². The zero-order chi connectivity index (χ0) is 17.2. The quantitative estimate of drug-likeness (QED) is 0.723. The van der Waals surface area contributed by atoms with E-state index in [4.69, 9.17) is 4.52 Å². The van der Waals surface area contributed by atoms with Crippen molar-refractivity contribution < 1.29 is 8.91 Å². The maximum Gasteiger partial charge on any atom is 0.231 e. The van der Waals surface area contributed by atoms with E-state index in [0.717, 1.165) is 37.4 Å². The summed E-state index contributed by atoms with van der Waals surface area (Å²) in [5.41, 5.74) is 1.63. The van der Waals surface area contributed by atoms with E-state index in [1.165, 1.54) is 12.1 Å². The van der Waals surface area contributed by atoms with Crippen LogP contribution in [0.5, 0.6) is 0 Å². The highest BCUT2D eigenvalue weighted by Crippen LogP contribution is 2.29. The summed E-state index contributed by atoms with van der Waals surface area (Å²) in [5, 5.41) is 4.03. The largest absolute Gasteiger partial charge is 0.356 e. The molecule has 1 aromatic carbocycles. The first kappa shape index (κ1) is 15.7. The topological polar surface area (TPSA) is 55.1 Å². The number of benzene rings is 1. The second-order valence-corrected chi connectivity index (χ2v) is 6.39. The van der Waals surface area contributed by atoms with Crippen LogP contribution in [0.15, 0.2) is 47.0 Å². The number of halogens is 1. The monoisotopic (exact) mass is 338 g/mol. The van der Waals surface area contributed by atoms with Gasteiger partial charge >= 0.3 is 0 Å². The third-order valence-corrected chi connectivity index (χ3v) is 4.49. The second kappa shape index (κ2) is 6.63. The number of hydrogen-bond acceptors (Lipinski definition) is 5. The lowest BCUT2D eigenvalue weighted by Gasteiger charge is -2.32. The van der Waals surface area contributed by atoms with Crippen LogP contribution in [0.25, 0.3) is 11.4 Å². The molecule has 0 N–H and O–H groups in total. The molecule has 0 bridgehead atoms. The summed E-state index contributed by atoms with van der Waals surface area (Å²) < 4.78 is 18.9. The van der Waals surface area contributed by atoms with Gasteiger partial charge in [0.15, 0.2) is 0 Å². The van der Waals surface area contributed by atoms with Gasteiger partial charge in [0.05, 0.1) is 5.92 Å². The first-order chi connectivity index (χ1) is 12.2. The number of rotatable bonds is 3. The lowest BCUT2D eigenvalue weighted by atomic mass is 9.98. The van der Waals surface area contributed by atoms with Crippen molar-refractivity contribution in [1.82, 2.24) is 15.1 Å². The summed E-state index contributed by atoms with van der Waals surface area (Å²) in [6.07, 6.45) is 2.03. The fraction of sp³-hybridized carbons (Fsp3) is 0.316. The predicted molar refractivity (Wildman–Crippen MR) is 92.9 cm³/mol. The molecule has 1 aliphatic rings. The smallest absolute Gasteiger partial charge is 0.231 e. The van der Waals surface area contributed by atoms with Crippen LogP contribution in [0, 0.1) is 12.7 Å². The molecule has 0 spiro atoms. The van der Waals surface area contributed by atoms with Crippen molar-refractivity contribution in [3.8, 4) is 11.4 Å². The van der Waals surface area contributed by atoms with Gasteiger partial charge in [-0.2, -0.15) is 4.98 Å². The van der Waals surface area contributed by atoms with E-state index in [9.17, 15) is 4.39 Å². The van der Waals surface area contributed by atoms with Gasteiger partial charge in [-0.05, 0) is 44.0 Å². The average Bonchev–Trinajstić information content (AvgIpc) is 3.12. The normalized spacial score (nSPS) is 17.7. The summed E-state index contributed by atoms with van der Waals surface area (Å²) in [7, 11) is 0. The summed E-state index contributed by atoms with van der Waals surface area (Å²) >= 11 is 0. The molecule has 2 aromatic heterocycles. The molecule has 25 heavy (non-hydrogen) atoms. The number of anilines is 1. The molecule has 0 radical (unpaired) electrons. The molecular weight excluding hydrogens is 319 g/mol. The fourth-order valence-corrected chi connectivity index (χ4v) is 3.24. The minimum atomic E-state index is -0.307. The lowest BCUT2D eigenvalue weighted by Crippen LogP contribution is -2.35. The van der Waals surface area contributed by atoms with Gasteiger partial charge in [0.2, 0.25) is 11.7 Å². The standard InChI is InChI=1S/C19H19FN4O/c1-13-5-2-9-17(21-13)24-10-4-7-15(12-24)19-22-18(23-25-19)14-6-3-8-16(20)11-14/h2-3,5-6,8-9,11,15H,4,7,10,12H2,1H3. The Morgan fingerprint density at radius 1 is 1.16 bits per heavy atom. The second-order valence-electron chi connectivity index (χ2n) is 6.39. The number of piperidine rings is 1. The molecule has 3 heterocycles.